The van der Waals surface area contributed by atoms with Gasteiger partial charge in [0, 0.05) is 31.8 Å². The van der Waals surface area contributed by atoms with E-state index in [9.17, 15) is 9.59 Å². The predicted octanol–water partition coefficient (Wildman–Crippen LogP) is 1.61. The minimum atomic E-state index is -0.0932. The molecule has 1 N–H and O–H groups in total. The summed E-state index contributed by atoms with van der Waals surface area (Å²) in [6.07, 6.45) is 2.68. The Bertz CT molecular complexity index is 679. The monoisotopic (exact) mass is 300 g/mol. The maximum atomic E-state index is 11.8. The lowest BCUT2D eigenvalue weighted by molar-refractivity contribution is -0.121. The number of pyridine rings is 1. The Morgan fingerprint density at radius 1 is 1.18 bits per heavy atom. The minimum Gasteiger partial charge on any atom is -0.496 e. The third kappa shape index (κ3) is 4.48. The predicted molar refractivity (Wildman–Crippen MR) is 85.0 cm³/mol. The number of aromatic nitrogens is 1. The molecule has 0 saturated heterocycles. The first-order valence-electron chi connectivity index (χ1n) is 7.25. The van der Waals surface area contributed by atoms with Crippen LogP contribution < -0.4 is 15.6 Å². The molecule has 0 spiro atoms. The summed E-state index contributed by atoms with van der Waals surface area (Å²) in [6, 6.07) is 12.7. The van der Waals surface area contributed by atoms with Gasteiger partial charge in [0.1, 0.15) is 5.75 Å². The zero-order valence-corrected chi connectivity index (χ0v) is 12.6. The number of amides is 1. The van der Waals surface area contributed by atoms with Crippen LogP contribution in [0.25, 0.3) is 0 Å². The molecule has 1 aromatic heterocycles. The summed E-state index contributed by atoms with van der Waals surface area (Å²) in [7, 11) is 1.63. The second-order valence-electron chi connectivity index (χ2n) is 4.89. The fourth-order valence-electron chi connectivity index (χ4n) is 2.20. The van der Waals surface area contributed by atoms with Gasteiger partial charge in [0.25, 0.3) is 5.56 Å². The molecule has 0 bridgehead atoms. The number of para-hydroxylation sites is 1. The smallest absolute Gasteiger partial charge is 0.250 e. The third-order valence-corrected chi connectivity index (χ3v) is 3.39. The first kappa shape index (κ1) is 15.8. The van der Waals surface area contributed by atoms with E-state index >= 15 is 0 Å². The highest BCUT2D eigenvalue weighted by Gasteiger charge is 2.04. The maximum absolute atomic E-state index is 11.8. The topological polar surface area (TPSA) is 60.3 Å². The molecule has 1 amide bonds. The highest BCUT2D eigenvalue weighted by molar-refractivity contribution is 5.75. The molecular weight excluding hydrogens is 280 g/mol. The average Bonchev–Trinajstić information content (AvgIpc) is 2.54. The maximum Gasteiger partial charge on any atom is 0.250 e. The Balaban J connectivity index is 1.76. The average molecular weight is 300 g/mol. The number of benzene rings is 1. The van der Waals surface area contributed by atoms with Gasteiger partial charge in [-0.25, -0.2) is 0 Å². The number of methoxy groups -OCH3 is 1. The second kappa shape index (κ2) is 8.02. The molecule has 0 radical (unpaired) electrons. The summed E-state index contributed by atoms with van der Waals surface area (Å²) in [5.74, 6) is 0.762. The Labute approximate surface area is 129 Å². The van der Waals surface area contributed by atoms with Crippen LogP contribution in [-0.4, -0.2) is 24.1 Å². The van der Waals surface area contributed by atoms with E-state index in [0.29, 0.717) is 19.5 Å². The number of carbonyl (C=O) groups excluding carboxylic acids is 1. The van der Waals surface area contributed by atoms with Crippen LogP contribution in [0, 0.1) is 0 Å². The second-order valence-corrected chi connectivity index (χ2v) is 4.89. The molecule has 5 heteroatoms. The highest BCUT2D eigenvalue weighted by atomic mass is 16.5. The summed E-state index contributed by atoms with van der Waals surface area (Å²) < 4.78 is 6.80. The summed E-state index contributed by atoms with van der Waals surface area (Å²) in [6.45, 7) is 0.934. The lowest BCUT2D eigenvalue weighted by atomic mass is 10.1. The summed E-state index contributed by atoms with van der Waals surface area (Å²) in [5.41, 5.74) is 0.967. The van der Waals surface area contributed by atoms with E-state index in [4.69, 9.17) is 4.74 Å². The van der Waals surface area contributed by atoms with Gasteiger partial charge in [0.2, 0.25) is 5.91 Å². The van der Waals surface area contributed by atoms with E-state index in [-0.39, 0.29) is 17.9 Å². The van der Waals surface area contributed by atoms with Gasteiger partial charge in [-0.2, -0.15) is 0 Å². The molecule has 0 unspecified atom stereocenters. The van der Waals surface area contributed by atoms with Crippen LogP contribution in [0.15, 0.2) is 53.5 Å². The Morgan fingerprint density at radius 2 is 1.95 bits per heavy atom. The Morgan fingerprint density at radius 3 is 2.73 bits per heavy atom. The molecule has 0 fully saturated rings. The molecule has 0 aliphatic carbocycles. The first-order chi connectivity index (χ1) is 10.7. The van der Waals surface area contributed by atoms with Crippen molar-refractivity contribution in [2.24, 2.45) is 0 Å². The van der Waals surface area contributed by atoms with Crippen molar-refractivity contribution in [2.75, 3.05) is 13.7 Å². The molecule has 0 saturated carbocycles. The van der Waals surface area contributed by atoms with Crippen LogP contribution in [0.1, 0.15) is 12.0 Å². The van der Waals surface area contributed by atoms with Gasteiger partial charge in [-0.1, -0.05) is 24.3 Å². The lowest BCUT2D eigenvalue weighted by Gasteiger charge is -2.09. The van der Waals surface area contributed by atoms with Gasteiger partial charge >= 0.3 is 0 Å². The summed E-state index contributed by atoms with van der Waals surface area (Å²) in [5, 5.41) is 2.86. The van der Waals surface area contributed by atoms with Crippen LogP contribution in [0.4, 0.5) is 0 Å². The van der Waals surface area contributed by atoms with Crippen molar-refractivity contribution in [3.63, 3.8) is 0 Å². The quantitative estimate of drug-likeness (QED) is 0.845. The van der Waals surface area contributed by atoms with Crippen molar-refractivity contribution in [2.45, 2.75) is 19.4 Å². The van der Waals surface area contributed by atoms with E-state index in [1.54, 1.807) is 25.4 Å². The molecule has 1 aromatic carbocycles. The van der Waals surface area contributed by atoms with Crippen molar-refractivity contribution in [1.29, 1.82) is 0 Å². The standard InChI is InChI=1S/C17H20N2O3/c1-22-15-7-3-2-6-14(15)9-11-18-16(20)10-13-19-12-5-4-8-17(19)21/h2-8,12H,9-11,13H2,1H3,(H,18,20). The van der Waals surface area contributed by atoms with E-state index < -0.39 is 0 Å². The van der Waals surface area contributed by atoms with Crippen LogP contribution in [0.5, 0.6) is 5.75 Å². The highest BCUT2D eigenvalue weighted by Crippen LogP contribution is 2.17. The molecule has 1 heterocycles. The molecule has 2 aromatic rings. The third-order valence-electron chi connectivity index (χ3n) is 3.39. The van der Waals surface area contributed by atoms with Crippen molar-refractivity contribution in [3.8, 4) is 5.75 Å². The van der Waals surface area contributed by atoms with Gasteiger partial charge in [-0.3, -0.25) is 9.59 Å². The largest absolute Gasteiger partial charge is 0.496 e. The number of nitrogens with zero attached hydrogens (tertiary/aromatic N) is 1. The van der Waals surface area contributed by atoms with Crippen molar-refractivity contribution < 1.29 is 9.53 Å². The van der Waals surface area contributed by atoms with Crippen molar-refractivity contribution in [1.82, 2.24) is 9.88 Å². The molecule has 116 valence electrons. The number of ether oxygens (including phenoxy) is 1. The molecular formula is C17H20N2O3. The van der Waals surface area contributed by atoms with Gasteiger partial charge in [0.15, 0.2) is 0 Å². The molecule has 0 atom stereocenters. The van der Waals surface area contributed by atoms with Crippen LogP contribution in [0.3, 0.4) is 0 Å². The zero-order valence-electron chi connectivity index (χ0n) is 12.6. The Kier molecular flexibility index (Phi) is 5.77. The number of hydrogen-bond donors (Lipinski definition) is 1. The fraction of sp³-hybridized carbons (Fsp3) is 0.294. The van der Waals surface area contributed by atoms with Gasteiger partial charge < -0.3 is 14.6 Å². The number of carbonyl (C=O) groups is 1. The molecule has 0 aliphatic rings. The van der Waals surface area contributed by atoms with E-state index in [1.807, 2.05) is 24.3 Å². The Hall–Kier alpha value is -2.56. The SMILES string of the molecule is COc1ccccc1CCNC(=O)CCn1ccccc1=O. The molecule has 5 nitrogen and oxygen atoms in total. The number of rotatable bonds is 7. The first-order valence-corrected chi connectivity index (χ1v) is 7.25. The number of aryl methyl sites for hydroxylation is 1. The van der Waals surface area contributed by atoms with Crippen molar-refractivity contribution >= 4 is 5.91 Å². The van der Waals surface area contributed by atoms with Gasteiger partial charge in [-0.05, 0) is 24.1 Å². The van der Waals surface area contributed by atoms with Crippen LogP contribution in [-0.2, 0) is 17.8 Å². The number of nitrogens with one attached hydrogen (secondary N) is 1. The molecule has 2 rings (SSSR count). The van der Waals surface area contributed by atoms with E-state index in [0.717, 1.165) is 11.3 Å². The lowest BCUT2D eigenvalue weighted by Crippen LogP contribution is -2.28. The van der Waals surface area contributed by atoms with Gasteiger partial charge in [0.05, 0.1) is 7.11 Å². The number of hydrogen-bond acceptors (Lipinski definition) is 3. The van der Waals surface area contributed by atoms with E-state index in [2.05, 4.69) is 5.32 Å². The van der Waals surface area contributed by atoms with Gasteiger partial charge in [-0.15, -0.1) is 0 Å². The minimum absolute atomic E-state index is 0.0642. The molecule has 22 heavy (non-hydrogen) atoms. The fourth-order valence-corrected chi connectivity index (χ4v) is 2.20. The molecule has 0 aliphatic heterocycles. The summed E-state index contributed by atoms with van der Waals surface area (Å²) in [4.78, 5) is 23.3. The normalized spacial score (nSPS) is 10.2. The van der Waals surface area contributed by atoms with Crippen LogP contribution >= 0.6 is 0 Å². The van der Waals surface area contributed by atoms with E-state index in [1.165, 1.54) is 10.6 Å². The van der Waals surface area contributed by atoms with Crippen LogP contribution in [0.2, 0.25) is 0 Å². The summed E-state index contributed by atoms with van der Waals surface area (Å²) >= 11 is 0. The zero-order chi connectivity index (χ0) is 15.8. The van der Waals surface area contributed by atoms with Crippen molar-refractivity contribution in [3.05, 3.63) is 64.6 Å².